The first-order valence-electron chi connectivity index (χ1n) is 18.4. The summed E-state index contributed by atoms with van der Waals surface area (Å²) in [4.78, 5) is 17.7. The van der Waals surface area contributed by atoms with Crippen molar-refractivity contribution < 1.29 is 36.8 Å². The monoisotopic (exact) mass is 761 g/mol. The van der Waals surface area contributed by atoms with Crippen LogP contribution in [0.2, 0.25) is 0 Å². The summed E-state index contributed by atoms with van der Waals surface area (Å²) >= 11 is 0. The summed E-state index contributed by atoms with van der Waals surface area (Å²) < 4.78 is 12.3. The molecule has 9 heteroatoms. The van der Waals surface area contributed by atoms with Gasteiger partial charge >= 0.3 is 0 Å². The molecule has 4 heterocycles. The average molecular weight is 762 g/mol. The molecule has 0 bridgehead atoms. The van der Waals surface area contributed by atoms with Gasteiger partial charge in [0.25, 0.3) is 0 Å². The Bertz CT molecular complexity index is 2050. The van der Waals surface area contributed by atoms with E-state index in [9.17, 15) is 10.2 Å². The topological polar surface area (TPSA) is 110 Å². The molecule has 0 saturated heterocycles. The Morgan fingerprint density at radius 3 is 1.32 bits per heavy atom. The summed E-state index contributed by atoms with van der Waals surface area (Å²) in [7, 11) is 0. The first-order valence-corrected chi connectivity index (χ1v) is 18.4. The van der Waals surface area contributed by atoms with Crippen molar-refractivity contribution in [3.05, 3.63) is 109 Å². The van der Waals surface area contributed by atoms with Crippen LogP contribution < -0.4 is 9.47 Å². The third kappa shape index (κ3) is 11.3. The summed E-state index contributed by atoms with van der Waals surface area (Å²) in [6.07, 6.45) is 12.9. The molecule has 0 atom stereocenters. The molecule has 8 nitrogen and oxygen atoms in total. The third-order valence-electron chi connectivity index (χ3n) is 8.67. The number of aryl methyl sites for hydroxylation is 2. The number of ether oxygens (including phenoxy) is 2. The van der Waals surface area contributed by atoms with Gasteiger partial charge in [0, 0.05) is 74.5 Å². The Balaban J connectivity index is 0.000000220. The zero-order valence-electron chi connectivity index (χ0n) is 31.1. The second-order valence-electron chi connectivity index (χ2n) is 12.9. The van der Waals surface area contributed by atoms with Crippen molar-refractivity contribution in [2.75, 3.05) is 13.2 Å². The minimum Gasteiger partial charge on any atom is -0.506 e. The molecule has 1 radical (unpaired) electrons. The number of nitrogens with zero attached hydrogens (tertiary/aromatic N) is 4. The van der Waals surface area contributed by atoms with Crippen LogP contribution in [0, 0.1) is 13.8 Å². The molecule has 7 rings (SSSR count). The van der Waals surface area contributed by atoms with Crippen LogP contribution in [0.25, 0.3) is 43.6 Å². The van der Waals surface area contributed by atoms with E-state index in [1.165, 1.54) is 38.5 Å². The molecule has 0 aliphatic rings. The van der Waals surface area contributed by atoms with E-state index in [4.69, 9.17) is 19.4 Å². The van der Waals surface area contributed by atoms with Gasteiger partial charge in [-0.3, -0.25) is 19.9 Å². The second kappa shape index (κ2) is 20.9. The number of rotatable bonds is 12. The van der Waals surface area contributed by atoms with E-state index in [0.717, 1.165) is 81.5 Å². The van der Waals surface area contributed by atoms with Gasteiger partial charge in [-0.05, 0) is 63.1 Å². The first-order chi connectivity index (χ1) is 25.4. The SMILES string of the molecule is CCCCCCOc1cc(C)nc2c1ccc1c(OCCCCCC)cc(C)nc12.Oc1cccc2cccnc12.Oc1cccc2cccnc12.[Cu]. The van der Waals surface area contributed by atoms with Crippen LogP contribution in [0.5, 0.6) is 23.0 Å². The number of unbranched alkanes of at least 4 members (excludes halogenated alkanes) is 6. The maximum atomic E-state index is 9.31. The Labute approximate surface area is 323 Å². The molecule has 4 aromatic heterocycles. The van der Waals surface area contributed by atoms with Crippen molar-refractivity contribution >= 4 is 43.6 Å². The van der Waals surface area contributed by atoms with E-state index in [2.05, 4.69) is 35.9 Å². The molecular weight excluding hydrogens is 712 g/mol. The van der Waals surface area contributed by atoms with E-state index in [0.29, 0.717) is 11.0 Å². The standard InChI is InChI=1S/C26H36N2O2.2C9H7NO.Cu/c1-5-7-9-11-15-29-23-17-19(3)27-25-21(23)13-14-22-24(18-20(4)28-26(22)25)30-16-12-10-8-6-2;2*11-8-5-1-3-7-4-2-6-10-9(7)8;/h13-14,17-18H,5-12,15-16H2,1-4H3;2*1-6,11H;. The molecule has 0 aliphatic carbocycles. The fraction of sp³-hybridized carbons (Fsp3) is 0.318. The molecule has 0 amide bonds. The smallest absolute Gasteiger partial charge is 0.141 e. The third-order valence-corrected chi connectivity index (χ3v) is 8.67. The van der Waals surface area contributed by atoms with Gasteiger partial charge in [0.1, 0.15) is 45.1 Å². The quantitative estimate of drug-likeness (QED) is 0.0719. The van der Waals surface area contributed by atoms with Gasteiger partial charge in [-0.1, -0.05) is 88.8 Å². The van der Waals surface area contributed by atoms with Crippen molar-refractivity contribution in [3.63, 3.8) is 0 Å². The van der Waals surface area contributed by atoms with Crippen LogP contribution in [0.1, 0.15) is 76.6 Å². The van der Waals surface area contributed by atoms with Crippen LogP contribution in [-0.2, 0) is 17.1 Å². The number of benzene rings is 3. The van der Waals surface area contributed by atoms with Gasteiger partial charge in [-0.15, -0.1) is 0 Å². The molecule has 281 valence electrons. The van der Waals surface area contributed by atoms with E-state index in [-0.39, 0.29) is 28.6 Å². The Morgan fingerprint density at radius 2 is 0.925 bits per heavy atom. The van der Waals surface area contributed by atoms with Gasteiger partial charge in [0.05, 0.1) is 13.2 Å². The summed E-state index contributed by atoms with van der Waals surface area (Å²) in [5, 5.41) is 22.6. The van der Waals surface area contributed by atoms with E-state index in [1.807, 2.05) is 62.4 Å². The number of hydrogen-bond donors (Lipinski definition) is 2. The minimum absolute atomic E-state index is 0. The van der Waals surface area contributed by atoms with Crippen molar-refractivity contribution in [2.45, 2.75) is 79.1 Å². The summed E-state index contributed by atoms with van der Waals surface area (Å²) in [6, 6.07) is 26.5. The van der Waals surface area contributed by atoms with Gasteiger partial charge in [0.15, 0.2) is 0 Å². The van der Waals surface area contributed by atoms with E-state index >= 15 is 0 Å². The molecule has 0 saturated carbocycles. The van der Waals surface area contributed by atoms with Gasteiger partial charge in [0.2, 0.25) is 0 Å². The number of hydrogen-bond acceptors (Lipinski definition) is 8. The minimum atomic E-state index is 0. The van der Waals surface area contributed by atoms with Crippen molar-refractivity contribution in [3.8, 4) is 23.0 Å². The number of fused-ring (bicyclic) bond motifs is 5. The summed E-state index contributed by atoms with van der Waals surface area (Å²) in [5.41, 5.74) is 5.02. The number of phenols is 2. The number of para-hydroxylation sites is 2. The van der Waals surface area contributed by atoms with Crippen molar-refractivity contribution in [2.24, 2.45) is 0 Å². The molecule has 53 heavy (non-hydrogen) atoms. The predicted molar refractivity (Wildman–Crippen MR) is 213 cm³/mol. The molecule has 7 aromatic rings. The van der Waals surface area contributed by atoms with Gasteiger partial charge in [-0.2, -0.15) is 0 Å². The average Bonchev–Trinajstić information content (AvgIpc) is 3.15. The van der Waals surface area contributed by atoms with Crippen LogP contribution in [0.3, 0.4) is 0 Å². The largest absolute Gasteiger partial charge is 0.506 e. The van der Waals surface area contributed by atoms with Crippen LogP contribution >= 0.6 is 0 Å². The normalized spacial score (nSPS) is 10.6. The van der Waals surface area contributed by atoms with E-state index < -0.39 is 0 Å². The van der Waals surface area contributed by atoms with Crippen LogP contribution in [-0.4, -0.2) is 43.4 Å². The van der Waals surface area contributed by atoms with Crippen LogP contribution in [0.15, 0.2) is 97.3 Å². The second-order valence-corrected chi connectivity index (χ2v) is 12.9. The zero-order chi connectivity index (χ0) is 36.7. The van der Waals surface area contributed by atoms with Crippen LogP contribution in [0.4, 0.5) is 0 Å². The fourth-order valence-corrected chi connectivity index (χ4v) is 5.99. The number of phenolic OH excluding ortho intramolecular Hbond substituents is 2. The van der Waals surface area contributed by atoms with Crippen molar-refractivity contribution in [1.82, 2.24) is 19.9 Å². The van der Waals surface area contributed by atoms with Gasteiger partial charge in [-0.25, -0.2) is 0 Å². The molecule has 3 aromatic carbocycles. The Kier molecular flexibility index (Phi) is 16.1. The van der Waals surface area contributed by atoms with E-state index in [1.54, 1.807) is 36.7 Å². The molecular formula is C44H50CuN4O4. The number of pyridine rings is 4. The molecule has 2 N–H and O–H groups in total. The first kappa shape index (κ1) is 40.8. The number of aromatic nitrogens is 4. The Morgan fingerprint density at radius 1 is 0.509 bits per heavy atom. The summed E-state index contributed by atoms with van der Waals surface area (Å²) in [6.45, 7) is 9.97. The molecule has 0 unspecified atom stereocenters. The molecule has 0 fully saturated rings. The number of aromatic hydroxyl groups is 2. The maximum absolute atomic E-state index is 9.31. The Hall–Kier alpha value is -4.98. The summed E-state index contributed by atoms with van der Waals surface area (Å²) in [5.74, 6) is 2.29. The van der Waals surface area contributed by atoms with Gasteiger partial charge < -0.3 is 19.7 Å². The predicted octanol–water partition coefficient (Wildman–Crippen LogP) is 11.2. The zero-order valence-corrected chi connectivity index (χ0v) is 32.1. The fourth-order valence-electron chi connectivity index (χ4n) is 5.99. The van der Waals surface area contributed by atoms with Crippen molar-refractivity contribution in [1.29, 1.82) is 0 Å². The maximum Gasteiger partial charge on any atom is 0.141 e. The molecule has 0 spiro atoms. The molecule has 0 aliphatic heterocycles.